The highest BCUT2D eigenvalue weighted by Gasteiger charge is 2.32. The predicted octanol–water partition coefficient (Wildman–Crippen LogP) is 2.41. The third kappa shape index (κ3) is 2.54. The quantitative estimate of drug-likeness (QED) is 0.775. The summed E-state index contributed by atoms with van der Waals surface area (Å²) in [5.74, 6) is 0.983. The molecule has 1 atom stereocenters. The summed E-state index contributed by atoms with van der Waals surface area (Å²) in [6.07, 6.45) is 9.43. The summed E-state index contributed by atoms with van der Waals surface area (Å²) in [6, 6.07) is 1.26. The minimum atomic E-state index is 0.369. The van der Waals surface area contributed by atoms with E-state index in [4.69, 9.17) is 0 Å². The molecule has 1 aliphatic carbocycles. The lowest BCUT2D eigenvalue weighted by atomic mass is 9.84. The number of hydrogen-bond donors (Lipinski definition) is 1. The van der Waals surface area contributed by atoms with Crippen molar-refractivity contribution in [3.63, 3.8) is 0 Å². The first-order chi connectivity index (χ1) is 7.35. The van der Waals surface area contributed by atoms with Gasteiger partial charge in [0, 0.05) is 12.1 Å². The fraction of sp³-hybridized carbons (Fsp3) is 1.00. The van der Waals surface area contributed by atoms with Gasteiger partial charge in [0.25, 0.3) is 0 Å². The highest BCUT2D eigenvalue weighted by Crippen LogP contribution is 2.32. The smallest absolute Gasteiger partial charge is 0.0586 e. The maximum Gasteiger partial charge on any atom is 0.0586 e. The van der Waals surface area contributed by atoms with Crippen LogP contribution in [0.25, 0.3) is 0 Å². The first-order valence-corrected chi connectivity index (χ1v) is 6.71. The van der Waals surface area contributed by atoms with Crippen molar-refractivity contribution >= 4 is 0 Å². The molecule has 15 heavy (non-hydrogen) atoms. The van der Waals surface area contributed by atoms with E-state index in [9.17, 15) is 5.11 Å². The molecule has 1 aliphatic heterocycles. The van der Waals surface area contributed by atoms with Gasteiger partial charge in [-0.1, -0.05) is 13.3 Å². The van der Waals surface area contributed by atoms with Crippen molar-refractivity contribution in [2.45, 2.75) is 64.0 Å². The van der Waals surface area contributed by atoms with Crippen molar-refractivity contribution in [2.24, 2.45) is 5.92 Å². The molecule has 0 aromatic heterocycles. The lowest BCUT2D eigenvalue weighted by Gasteiger charge is -2.37. The zero-order chi connectivity index (χ0) is 10.7. The SMILES string of the molecule is CCC1CCC(N2CCC[C@H]2CO)CC1. The topological polar surface area (TPSA) is 23.5 Å². The van der Waals surface area contributed by atoms with Crippen LogP contribution in [-0.4, -0.2) is 35.2 Å². The molecule has 2 rings (SSSR count). The fourth-order valence-electron chi connectivity index (χ4n) is 3.42. The normalized spacial score (nSPS) is 38.4. The minimum absolute atomic E-state index is 0.369. The molecular weight excluding hydrogens is 186 g/mol. The van der Waals surface area contributed by atoms with Crippen LogP contribution in [0.2, 0.25) is 0 Å². The fourth-order valence-corrected chi connectivity index (χ4v) is 3.42. The second-order valence-electron chi connectivity index (χ2n) is 5.30. The van der Waals surface area contributed by atoms with E-state index in [0.29, 0.717) is 12.6 Å². The van der Waals surface area contributed by atoms with Crippen LogP contribution in [0.3, 0.4) is 0 Å². The summed E-state index contributed by atoms with van der Waals surface area (Å²) in [6.45, 7) is 3.91. The molecule has 1 N–H and O–H groups in total. The Morgan fingerprint density at radius 3 is 2.47 bits per heavy atom. The molecule has 0 aromatic carbocycles. The van der Waals surface area contributed by atoms with Gasteiger partial charge in [0.05, 0.1) is 6.61 Å². The molecule has 1 saturated carbocycles. The van der Waals surface area contributed by atoms with Crippen LogP contribution in [-0.2, 0) is 0 Å². The van der Waals surface area contributed by atoms with Crippen molar-refractivity contribution in [1.29, 1.82) is 0 Å². The molecule has 2 nitrogen and oxygen atoms in total. The standard InChI is InChI=1S/C13H25NO/c1-2-11-5-7-12(8-6-11)14-9-3-4-13(14)10-15/h11-13,15H,2-10H2,1H3/t11?,12?,13-/m0/s1. The Bertz CT molecular complexity index is 187. The molecule has 2 fully saturated rings. The number of rotatable bonds is 3. The van der Waals surface area contributed by atoms with Crippen LogP contribution in [0.15, 0.2) is 0 Å². The first-order valence-electron chi connectivity index (χ1n) is 6.71. The third-order valence-electron chi connectivity index (χ3n) is 4.50. The van der Waals surface area contributed by atoms with Gasteiger partial charge in [0.2, 0.25) is 0 Å². The second-order valence-corrected chi connectivity index (χ2v) is 5.30. The van der Waals surface area contributed by atoms with Gasteiger partial charge in [-0.25, -0.2) is 0 Å². The Kier molecular flexibility index (Phi) is 4.04. The van der Waals surface area contributed by atoms with Gasteiger partial charge >= 0.3 is 0 Å². The molecule has 2 heteroatoms. The summed E-state index contributed by atoms with van der Waals surface area (Å²) < 4.78 is 0. The Hall–Kier alpha value is -0.0800. The van der Waals surface area contributed by atoms with Crippen molar-refractivity contribution in [3.05, 3.63) is 0 Å². The molecule has 0 amide bonds. The molecule has 0 unspecified atom stereocenters. The van der Waals surface area contributed by atoms with Crippen molar-refractivity contribution in [2.75, 3.05) is 13.2 Å². The molecule has 0 spiro atoms. The largest absolute Gasteiger partial charge is 0.395 e. The van der Waals surface area contributed by atoms with E-state index in [0.717, 1.165) is 12.0 Å². The van der Waals surface area contributed by atoms with E-state index >= 15 is 0 Å². The zero-order valence-electron chi connectivity index (χ0n) is 9.99. The van der Waals surface area contributed by atoms with Gasteiger partial charge in [0.15, 0.2) is 0 Å². The highest BCUT2D eigenvalue weighted by atomic mass is 16.3. The van der Waals surface area contributed by atoms with Gasteiger partial charge in [-0.05, 0) is 51.0 Å². The van der Waals surface area contributed by atoms with Crippen LogP contribution in [0.5, 0.6) is 0 Å². The predicted molar refractivity (Wildman–Crippen MR) is 62.9 cm³/mol. The number of aliphatic hydroxyl groups excluding tert-OH is 1. The molecule has 2 aliphatic rings. The summed E-state index contributed by atoms with van der Waals surface area (Å²) in [5, 5.41) is 9.32. The molecule has 0 radical (unpaired) electrons. The zero-order valence-corrected chi connectivity index (χ0v) is 9.99. The van der Waals surface area contributed by atoms with E-state index < -0.39 is 0 Å². The van der Waals surface area contributed by atoms with Crippen LogP contribution < -0.4 is 0 Å². The third-order valence-corrected chi connectivity index (χ3v) is 4.50. The maximum absolute atomic E-state index is 9.32. The van der Waals surface area contributed by atoms with E-state index in [2.05, 4.69) is 11.8 Å². The van der Waals surface area contributed by atoms with Gasteiger partial charge < -0.3 is 5.11 Å². The number of aliphatic hydroxyl groups is 1. The van der Waals surface area contributed by atoms with Crippen LogP contribution >= 0.6 is 0 Å². The van der Waals surface area contributed by atoms with E-state index in [-0.39, 0.29) is 0 Å². The molecular formula is C13H25NO. The van der Waals surface area contributed by atoms with Crippen LogP contribution in [0.4, 0.5) is 0 Å². The Morgan fingerprint density at radius 2 is 1.87 bits per heavy atom. The van der Waals surface area contributed by atoms with E-state index in [1.807, 2.05) is 0 Å². The van der Waals surface area contributed by atoms with Crippen LogP contribution in [0, 0.1) is 5.92 Å². The summed E-state index contributed by atoms with van der Waals surface area (Å²) in [7, 11) is 0. The Morgan fingerprint density at radius 1 is 1.13 bits per heavy atom. The van der Waals surface area contributed by atoms with Gasteiger partial charge in [-0.3, -0.25) is 4.90 Å². The lowest BCUT2D eigenvalue weighted by Crippen LogP contribution is -2.42. The molecule has 1 saturated heterocycles. The average Bonchev–Trinajstić information content (AvgIpc) is 2.77. The van der Waals surface area contributed by atoms with E-state index in [1.54, 1.807) is 0 Å². The number of hydrogen-bond acceptors (Lipinski definition) is 2. The van der Waals surface area contributed by atoms with Crippen molar-refractivity contribution in [3.8, 4) is 0 Å². The Balaban J connectivity index is 1.84. The average molecular weight is 211 g/mol. The Labute approximate surface area is 93.7 Å². The first kappa shape index (κ1) is 11.4. The minimum Gasteiger partial charge on any atom is -0.395 e. The molecule has 1 heterocycles. The highest BCUT2D eigenvalue weighted by molar-refractivity contribution is 4.87. The van der Waals surface area contributed by atoms with Gasteiger partial charge in [-0.15, -0.1) is 0 Å². The van der Waals surface area contributed by atoms with Gasteiger partial charge in [-0.2, -0.15) is 0 Å². The number of likely N-dealkylation sites (tertiary alicyclic amines) is 1. The molecule has 0 aromatic rings. The molecule has 88 valence electrons. The summed E-state index contributed by atoms with van der Waals surface area (Å²) in [5.41, 5.74) is 0. The summed E-state index contributed by atoms with van der Waals surface area (Å²) >= 11 is 0. The van der Waals surface area contributed by atoms with E-state index in [1.165, 1.54) is 51.5 Å². The van der Waals surface area contributed by atoms with Gasteiger partial charge in [0.1, 0.15) is 0 Å². The van der Waals surface area contributed by atoms with Crippen LogP contribution in [0.1, 0.15) is 51.9 Å². The summed E-state index contributed by atoms with van der Waals surface area (Å²) in [4.78, 5) is 2.59. The number of nitrogens with zero attached hydrogens (tertiary/aromatic N) is 1. The second kappa shape index (κ2) is 5.31. The van der Waals surface area contributed by atoms with Crippen molar-refractivity contribution in [1.82, 2.24) is 4.90 Å². The maximum atomic E-state index is 9.32. The van der Waals surface area contributed by atoms with Crippen molar-refractivity contribution < 1.29 is 5.11 Å². The molecule has 0 bridgehead atoms. The monoisotopic (exact) mass is 211 g/mol. The lowest BCUT2D eigenvalue weighted by molar-refractivity contribution is 0.0870.